The van der Waals surface area contributed by atoms with Gasteiger partial charge in [-0.1, -0.05) is 135 Å². The smallest absolute Gasteiger partial charge is 0.320 e. The Morgan fingerprint density at radius 3 is 1.42 bits per heavy atom. The zero-order chi connectivity index (χ0) is 27.0. The van der Waals surface area contributed by atoms with Crippen LogP contribution in [-0.2, 0) is 9.09 Å². The van der Waals surface area contributed by atoms with E-state index < -0.39 is 7.60 Å². The van der Waals surface area contributed by atoms with E-state index in [1.54, 1.807) is 0 Å². The lowest BCUT2D eigenvalue weighted by Crippen LogP contribution is -2.45. The molecule has 0 aromatic heterocycles. The molecule has 5 heteroatoms. The second kappa shape index (κ2) is 23.9. The third kappa shape index (κ3) is 21.9. The van der Waals surface area contributed by atoms with Gasteiger partial charge >= 0.3 is 7.60 Å². The van der Waals surface area contributed by atoms with Crippen LogP contribution in [0, 0.1) is 0 Å². The fourth-order valence-electron chi connectivity index (χ4n) is 4.98. The highest BCUT2D eigenvalue weighted by atomic mass is 31.2. The van der Waals surface area contributed by atoms with Crippen molar-refractivity contribution in [3.8, 4) is 0 Å². The van der Waals surface area contributed by atoms with Crippen LogP contribution in [0.4, 0.5) is 0 Å². The van der Waals surface area contributed by atoms with Gasteiger partial charge in [0, 0.05) is 6.42 Å². The van der Waals surface area contributed by atoms with Gasteiger partial charge in [0.05, 0.1) is 27.7 Å². The Bertz CT molecular complexity index is 544. The summed E-state index contributed by atoms with van der Waals surface area (Å²) in [5.41, 5.74) is 0. The fourth-order valence-corrected chi connectivity index (χ4v) is 6.98. The van der Waals surface area contributed by atoms with Crippen molar-refractivity contribution in [3.63, 3.8) is 0 Å². The van der Waals surface area contributed by atoms with Crippen LogP contribution in [0.15, 0.2) is 12.2 Å². The third-order valence-electron chi connectivity index (χ3n) is 7.27. The molecule has 4 nitrogen and oxygen atoms in total. The van der Waals surface area contributed by atoms with Crippen molar-refractivity contribution in [2.45, 2.75) is 161 Å². The Kier molecular flexibility index (Phi) is 23.8. The molecule has 0 amide bonds. The Hall–Kier alpha value is -0.150. The van der Waals surface area contributed by atoms with Crippen LogP contribution < -0.4 is 0 Å². The second-order valence-corrected chi connectivity index (χ2v) is 13.8. The summed E-state index contributed by atoms with van der Waals surface area (Å²) in [5.74, 6) is -0.355. The van der Waals surface area contributed by atoms with Gasteiger partial charge in [-0.25, -0.2) is 0 Å². The number of nitrogens with zero attached hydrogens (tertiary/aromatic N) is 1. The lowest BCUT2D eigenvalue weighted by molar-refractivity contribution is -0.883. The number of rotatable bonds is 27. The van der Waals surface area contributed by atoms with E-state index in [2.05, 4.69) is 19.1 Å². The molecule has 0 saturated heterocycles. The van der Waals surface area contributed by atoms with E-state index in [0.29, 0.717) is 23.9 Å². The quantitative estimate of drug-likeness (QED) is 0.0497. The molecule has 1 N–H and O–H groups in total. The van der Waals surface area contributed by atoms with E-state index in [-0.39, 0.29) is 5.78 Å². The average Bonchev–Trinajstić information content (AvgIpc) is 2.82. The predicted molar refractivity (Wildman–Crippen MR) is 160 cm³/mol. The first kappa shape index (κ1) is 35.9. The molecule has 0 aromatic carbocycles. The highest BCUT2D eigenvalue weighted by molar-refractivity contribution is 7.53. The topological polar surface area (TPSA) is 46.5 Å². The van der Waals surface area contributed by atoms with Gasteiger partial charge in [0.15, 0.2) is 5.78 Å². The molecule has 2 atom stereocenters. The van der Waals surface area contributed by atoms with Crippen molar-refractivity contribution in [1.29, 1.82) is 0 Å². The van der Waals surface area contributed by atoms with Crippen LogP contribution in [-0.4, -0.2) is 42.9 Å². The third-order valence-corrected chi connectivity index (χ3v) is 9.53. The average molecular weight is 531 g/mol. The first-order valence-electron chi connectivity index (χ1n) is 15.7. The molecule has 0 aromatic rings. The van der Waals surface area contributed by atoms with Gasteiger partial charge in [-0.2, -0.15) is 0 Å². The van der Waals surface area contributed by atoms with Crippen LogP contribution in [0.3, 0.4) is 0 Å². The van der Waals surface area contributed by atoms with Crippen molar-refractivity contribution in [2.24, 2.45) is 0 Å². The minimum atomic E-state index is -3.60. The molecule has 0 aliphatic carbocycles. The number of quaternary nitrogens is 1. The second-order valence-electron chi connectivity index (χ2n) is 11.8. The van der Waals surface area contributed by atoms with Gasteiger partial charge in [-0.15, -0.1) is 0 Å². The van der Waals surface area contributed by atoms with Crippen LogP contribution in [0.2, 0.25) is 0 Å². The maximum Gasteiger partial charge on any atom is 0.385 e. The Morgan fingerprint density at radius 1 is 0.639 bits per heavy atom. The zero-order valence-electron chi connectivity index (χ0n) is 25.2. The lowest BCUT2D eigenvalue weighted by atomic mass is 10.0. The molecular formula is C31H65NO3P+. The maximum atomic E-state index is 12.7. The van der Waals surface area contributed by atoms with Crippen LogP contribution in [0.25, 0.3) is 0 Å². The first-order valence-corrected chi connectivity index (χ1v) is 17.3. The molecule has 36 heavy (non-hydrogen) atoms. The van der Waals surface area contributed by atoms with Crippen LogP contribution >= 0.6 is 7.60 Å². The van der Waals surface area contributed by atoms with E-state index >= 15 is 0 Å². The number of hydrogen-bond donors (Lipinski definition) is 1. The molecule has 0 fully saturated rings. The van der Waals surface area contributed by atoms with E-state index in [4.69, 9.17) is 4.52 Å². The Balaban J connectivity index is 3.46. The van der Waals surface area contributed by atoms with E-state index in [1.807, 2.05) is 28.1 Å². The summed E-state index contributed by atoms with van der Waals surface area (Å²) in [4.78, 5) is 10.4. The van der Waals surface area contributed by atoms with Crippen molar-refractivity contribution < 1.29 is 18.5 Å². The minimum absolute atomic E-state index is 0.323. The zero-order valence-corrected chi connectivity index (χ0v) is 26.0. The van der Waals surface area contributed by atoms with E-state index in [9.17, 15) is 9.46 Å². The summed E-state index contributed by atoms with van der Waals surface area (Å²) in [6.45, 7) is 4.66. The molecule has 2 unspecified atom stereocenters. The monoisotopic (exact) mass is 530 g/mol. The molecular weight excluding hydrogens is 465 g/mol. The molecule has 0 rings (SSSR count). The van der Waals surface area contributed by atoms with Gasteiger partial charge in [0.2, 0.25) is 0 Å². The van der Waals surface area contributed by atoms with Gasteiger partial charge in [0.1, 0.15) is 0 Å². The number of unbranched alkanes of at least 4 members (excludes halogenated alkanes) is 18. The van der Waals surface area contributed by atoms with Gasteiger partial charge in [-0.3, -0.25) is 4.57 Å². The molecule has 0 aliphatic rings. The van der Waals surface area contributed by atoms with Crippen molar-refractivity contribution >= 4 is 7.60 Å². The predicted octanol–water partition coefficient (Wildman–Crippen LogP) is 10.4. The van der Waals surface area contributed by atoms with Gasteiger partial charge in [-0.05, 0) is 25.7 Å². The van der Waals surface area contributed by atoms with Crippen molar-refractivity contribution in [1.82, 2.24) is 0 Å². The molecule has 0 heterocycles. The summed E-state index contributed by atoms with van der Waals surface area (Å²) in [7, 11) is 2.29. The maximum absolute atomic E-state index is 12.7. The molecule has 0 spiro atoms. The van der Waals surface area contributed by atoms with Gasteiger partial charge < -0.3 is 13.9 Å². The number of allylic oxidation sites excluding steroid dienone is 1. The summed E-state index contributed by atoms with van der Waals surface area (Å²) in [5, 5.41) is 0. The standard InChI is InChI=1S/C31H64NO3P/c1-6-8-9-10-11-12-13-14-15-16-17-18-19-20-21-22-23-24-25-26-27-28-30-35-36(33,34)31(29-7-2)32(3,4)5/h26-27,31H,6-25,28-30H2,1-5H3/p+1/b27-26-. The SMILES string of the molecule is CCCCCCCCCCCCCCCCCCCC/C=C\CCOP(=O)(O)C(CCC)[N+](C)(C)C. The summed E-state index contributed by atoms with van der Waals surface area (Å²) >= 11 is 0. The normalized spacial score (nSPS) is 14.9. The minimum Gasteiger partial charge on any atom is -0.320 e. The van der Waals surface area contributed by atoms with Crippen molar-refractivity contribution in [3.05, 3.63) is 12.2 Å². The highest BCUT2D eigenvalue weighted by Crippen LogP contribution is 2.51. The van der Waals surface area contributed by atoms with Gasteiger partial charge in [0.25, 0.3) is 0 Å². The summed E-state index contributed by atoms with van der Waals surface area (Å²) < 4.78 is 18.6. The van der Waals surface area contributed by atoms with E-state index in [1.165, 1.54) is 116 Å². The van der Waals surface area contributed by atoms with Crippen LogP contribution in [0.5, 0.6) is 0 Å². The molecule has 0 saturated carbocycles. The molecule has 0 radical (unpaired) electrons. The highest BCUT2D eigenvalue weighted by Gasteiger charge is 2.41. The first-order chi connectivity index (χ1) is 17.3. The van der Waals surface area contributed by atoms with E-state index in [0.717, 1.165) is 12.8 Å². The molecule has 0 bridgehead atoms. The largest absolute Gasteiger partial charge is 0.385 e. The van der Waals surface area contributed by atoms with Crippen LogP contribution in [0.1, 0.15) is 155 Å². The number of hydrogen-bond acceptors (Lipinski definition) is 2. The summed E-state index contributed by atoms with van der Waals surface area (Å²) in [6.07, 6.45) is 33.1. The summed E-state index contributed by atoms with van der Waals surface area (Å²) in [6, 6.07) is 0. The molecule has 0 aliphatic heterocycles. The lowest BCUT2D eigenvalue weighted by Gasteiger charge is -2.35. The Labute approximate surface area is 226 Å². The van der Waals surface area contributed by atoms with Crippen molar-refractivity contribution in [2.75, 3.05) is 27.7 Å². The fraction of sp³-hybridized carbons (Fsp3) is 0.935. The molecule has 216 valence electrons. The Morgan fingerprint density at radius 2 is 1.03 bits per heavy atom.